The molecule has 2 aliphatic rings. The van der Waals surface area contributed by atoms with Gasteiger partial charge in [0.05, 0.1) is 0 Å². The molecule has 1 amide bonds. The normalized spacial score (nSPS) is 30.7. The van der Waals surface area contributed by atoms with E-state index in [1.54, 1.807) is 25.1 Å². The Morgan fingerprint density at radius 3 is 2.47 bits per heavy atom. The van der Waals surface area contributed by atoms with E-state index < -0.39 is 47.1 Å². The molecule has 0 radical (unpaired) electrons. The quantitative estimate of drug-likeness (QED) is 0.279. The third kappa shape index (κ3) is 2.90. The zero-order valence-corrected chi connectivity index (χ0v) is 16.7. The Balaban J connectivity index is 2.02. The lowest BCUT2D eigenvalue weighted by molar-refractivity contribution is -0.163. The van der Waals surface area contributed by atoms with E-state index in [-0.39, 0.29) is 16.9 Å². The Bertz CT molecular complexity index is 940. The lowest BCUT2D eigenvalue weighted by Crippen LogP contribution is -2.60. The molecular formula is C21H23NO8. The molecule has 1 fully saturated rings. The number of hydrogen-bond acceptors (Lipinski definition) is 8. The summed E-state index contributed by atoms with van der Waals surface area (Å²) in [5.41, 5.74) is -4.83. The van der Waals surface area contributed by atoms with Crippen molar-refractivity contribution in [3.63, 3.8) is 0 Å². The SMILES string of the molecule is CC=CC(O)C(O)C1=C(C)C(=O)C2(O1)C(=O)NC(OC)(C(=O)c1ccccc1)C2O. The number of hydrogen-bond donors (Lipinski definition) is 4. The van der Waals surface area contributed by atoms with Crippen molar-refractivity contribution in [2.45, 2.75) is 43.5 Å². The Morgan fingerprint density at radius 1 is 1.27 bits per heavy atom. The number of carbonyl (C=O) groups excluding carboxylic acids is 3. The lowest BCUT2D eigenvalue weighted by atomic mass is 9.85. The van der Waals surface area contributed by atoms with Crippen LogP contribution < -0.4 is 5.32 Å². The molecular weight excluding hydrogens is 394 g/mol. The monoisotopic (exact) mass is 417 g/mol. The highest BCUT2D eigenvalue weighted by molar-refractivity contribution is 6.23. The molecule has 1 aromatic carbocycles. The fourth-order valence-electron chi connectivity index (χ4n) is 3.74. The molecule has 30 heavy (non-hydrogen) atoms. The van der Waals surface area contributed by atoms with Crippen LogP contribution in [0.25, 0.3) is 0 Å². The van der Waals surface area contributed by atoms with Gasteiger partial charge in [-0.15, -0.1) is 0 Å². The molecule has 2 aliphatic heterocycles. The molecule has 1 aromatic rings. The Morgan fingerprint density at radius 2 is 1.90 bits per heavy atom. The zero-order valence-electron chi connectivity index (χ0n) is 16.7. The number of rotatable bonds is 6. The van der Waals surface area contributed by atoms with E-state index in [1.165, 1.54) is 31.2 Å². The van der Waals surface area contributed by atoms with Crippen LogP contribution in [0.15, 0.2) is 53.8 Å². The number of aliphatic hydroxyl groups is 3. The molecule has 9 nitrogen and oxygen atoms in total. The minimum Gasteiger partial charge on any atom is -0.467 e. The van der Waals surface area contributed by atoms with Gasteiger partial charge >= 0.3 is 0 Å². The predicted octanol–water partition coefficient (Wildman–Crippen LogP) is -0.387. The highest BCUT2D eigenvalue weighted by atomic mass is 16.6. The second-order valence-electron chi connectivity index (χ2n) is 7.11. The first-order valence-electron chi connectivity index (χ1n) is 9.26. The van der Waals surface area contributed by atoms with E-state index in [9.17, 15) is 29.7 Å². The smallest absolute Gasteiger partial charge is 0.278 e. The molecule has 2 heterocycles. The summed E-state index contributed by atoms with van der Waals surface area (Å²) < 4.78 is 10.8. The van der Waals surface area contributed by atoms with Crippen LogP contribution in [0.1, 0.15) is 24.2 Å². The Hall–Kier alpha value is -2.85. The van der Waals surface area contributed by atoms with Gasteiger partial charge in [-0.05, 0) is 13.8 Å². The number of benzene rings is 1. The Labute approximate surface area is 172 Å². The maximum Gasteiger partial charge on any atom is 0.278 e. The summed E-state index contributed by atoms with van der Waals surface area (Å²) >= 11 is 0. The van der Waals surface area contributed by atoms with Gasteiger partial charge in [-0.25, -0.2) is 0 Å². The maximum absolute atomic E-state index is 13.1. The number of Topliss-reactive ketones (excluding diaryl/α,β-unsaturated/α-hetero) is 2. The van der Waals surface area contributed by atoms with E-state index in [2.05, 4.69) is 5.32 Å². The summed E-state index contributed by atoms with van der Waals surface area (Å²) in [5, 5.41) is 33.7. The van der Waals surface area contributed by atoms with Crippen molar-refractivity contribution >= 4 is 17.5 Å². The van der Waals surface area contributed by atoms with Crippen molar-refractivity contribution in [2.75, 3.05) is 7.11 Å². The number of ketones is 2. The van der Waals surface area contributed by atoms with Crippen molar-refractivity contribution < 1.29 is 39.2 Å². The largest absolute Gasteiger partial charge is 0.467 e. The summed E-state index contributed by atoms with van der Waals surface area (Å²) in [7, 11) is 1.11. The number of allylic oxidation sites excluding steroid dienone is 1. The molecule has 3 rings (SSSR count). The first-order chi connectivity index (χ1) is 14.2. The molecule has 1 saturated heterocycles. The van der Waals surface area contributed by atoms with Gasteiger partial charge in [-0.1, -0.05) is 42.5 Å². The maximum atomic E-state index is 13.1. The zero-order chi connectivity index (χ0) is 22.3. The van der Waals surface area contributed by atoms with Gasteiger partial charge in [0, 0.05) is 18.2 Å². The van der Waals surface area contributed by atoms with Crippen molar-refractivity contribution in [1.29, 1.82) is 0 Å². The number of nitrogens with one attached hydrogen (secondary N) is 1. The number of carbonyl (C=O) groups is 3. The van der Waals surface area contributed by atoms with Gasteiger partial charge in [0.1, 0.15) is 18.0 Å². The summed E-state index contributed by atoms with van der Waals surface area (Å²) in [6, 6.07) is 7.81. The van der Waals surface area contributed by atoms with E-state index >= 15 is 0 Å². The fourth-order valence-corrected chi connectivity index (χ4v) is 3.74. The van der Waals surface area contributed by atoms with Gasteiger partial charge < -0.3 is 30.1 Å². The number of methoxy groups -OCH3 is 1. The van der Waals surface area contributed by atoms with Gasteiger partial charge in [0.2, 0.25) is 17.3 Å². The van der Waals surface area contributed by atoms with E-state index in [0.29, 0.717) is 0 Å². The standard InChI is InChI=1S/C21H23NO8/c1-4-8-13(23)14(24)15-11(2)16(25)20(30-15)18(27)21(29-3,22-19(20)28)17(26)12-9-6-5-7-10-12/h4-10,13-14,18,23-24,27H,1-3H3,(H,22,28). The van der Waals surface area contributed by atoms with Crippen LogP contribution in [0.2, 0.25) is 0 Å². The minimum atomic E-state index is -2.53. The van der Waals surface area contributed by atoms with Crippen LogP contribution in [-0.4, -0.2) is 69.5 Å². The average molecular weight is 417 g/mol. The summed E-state index contributed by atoms with van der Waals surface area (Å²) in [6.45, 7) is 2.92. The molecule has 0 saturated carbocycles. The molecule has 5 unspecified atom stereocenters. The molecule has 160 valence electrons. The van der Waals surface area contributed by atoms with Crippen molar-refractivity contribution in [1.82, 2.24) is 5.32 Å². The van der Waals surface area contributed by atoms with Crippen LogP contribution in [0, 0.1) is 0 Å². The number of amides is 1. The van der Waals surface area contributed by atoms with Crippen molar-refractivity contribution in [3.8, 4) is 0 Å². The molecule has 4 N–H and O–H groups in total. The molecule has 0 bridgehead atoms. The van der Waals surface area contributed by atoms with Gasteiger partial charge in [-0.3, -0.25) is 14.4 Å². The predicted molar refractivity (Wildman–Crippen MR) is 103 cm³/mol. The van der Waals surface area contributed by atoms with Crippen LogP contribution in [0.4, 0.5) is 0 Å². The summed E-state index contributed by atoms with van der Waals surface area (Å²) in [6.07, 6.45) is -2.38. The fraction of sp³-hybridized carbons (Fsp3) is 0.381. The topological polar surface area (TPSA) is 142 Å². The summed E-state index contributed by atoms with van der Waals surface area (Å²) in [5.74, 6) is -3.17. The van der Waals surface area contributed by atoms with E-state index in [0.717, 1.165) is 7.11 Å². The number of aliphatic hydroxyl groups excluding tert-OH is 3. The first kappa shape index (κ1) is 21.8. The third-order valence-corrected chi connectivity index (χ3v) is 5.40. The Kier molecular flexibility index (Phi) is 5.66. The highest BCUT2D eigenvalue weighted by Gasteiger charge is 2.74. The third-order valence-electron chi connectivity index (χ3n) is 5.40. The van der Waals surface area contributed by atoms with Gasteiger partial charge in [-0.2, -0.15) is 0 Å². The second-order valence-corrected chi connectivity index (χ2v) is 7.11. The van der Waals surface area contributed by atoms with E-state index in [1.807, 2.05) is 0 Å². The second kappa shape index (κ2) is 7.77. The van der Waals surface area contributed by atoms with Crippen LogP contribution in [-0.2, 0) is 19.1 Å². The van der Waals surface area contributed by atoms with Crippen molar-refractivity contribution in [2.24, 2.45) is 0 Å². The minimum absolute atomic E-state index is 0.134. The molecule has 1 spiro atoms. The van der Waals surface area contributed by atoms with Gasteiger partial charge in [0.25, 0.3) is 11.5 Å². The lowest BCUT2D eigenvalue weighted by Gasteiger charge is -2.32. The number of ether oxygens (including phenoxy) is 2. The summed E-state index contributed by atoms with van der Waals surface area (Å²) in [4.78, 5) is 39.0. The van der Waals surface area contributed by atoms with Crippen LogP contribution in [0.3, 0.4) is 0 Å². The van der Waals surface area contributed by atoms with Crippen LogP contribution >= 0.6 is 0 Å². The van der Waals surface area contributed by atoms with Crippen molar-refractivity contribution in [3.05, 3.63) is 59.4 Å². The molecule has 9 heteroatoms. The van der Waals surface area contributed by atoms with E-state index in [4.69, 9.17) is 9.47 Å². The molecule has 0 aromatic heterocycles. The molecule has 5 atom stereocenters. The first-order valence-corrected chi connectivity index (χ1v) is 9.26. The van der Waals surface area contributed by atoms with Gasteiger partial charge in [0.15, 0.2) is 6.10 Å². The molecule has 0 aliphatic carbocycles. The van der Waals surface area contributed by atoms with Crippen LogP contribution in [0.5, 0.6) is 0 Å². The average Bonchev–Trinajstić information content (AvgIpc) is 3.15. The highest BCUT2D eigenvalue weighted by Crippen LogP contribution is 2.44.